The van der Waals surface area contributed by atoms with Crippen molar-refractivity contribution in [2.75, 3.05) is 31.7 Å². The molecule has 46 heavy (non-hydrogen) atoms. The Morgan fingerprint density at radius 1 is 0.826 bits per heavy atom. The van der Waals surface area contributed by atoms with E-state index in [-0.39, 0.29) is 45.1 Å². The summed E-state index contributed by atoms with van der Waals surface area (Å²) in [5, 5.41) is 5.50. The minimum atomic E-state index is -3.83. The smallest absolute Gasteiger partial charge is 0.255 e. The molecule has 0 fully saturated rings. The predicted molar refractivity (Wildman–Crippen MR) is 170 cm³/mol. The average Bonchev–Trinajstić information content (AvgIpc) is 3.65. The molecule has 0 unspecified atom stereocenters. The van der Waals surface area contributed by atoms with Gasteiger partial charge in [0.1, 0.15) is 22.7 Å². The second-order valence-electron chi connectivity index (χ2n) is 10.5. The van der Waals surface area contributed by atoms with Crippen LogP contribution in [0.4, 0.5) is 14.5 Å². The van der Waals surface area contributed by atoms with Crippen molar-refractivity contribution in [1.82, 2.24) is 15.6 Å². The van der Waals surface area contributed by atoms with Gasteiger partial charge in [0.05, 0.1) is 17.5 Å². The van der Waals surface area contributed by atoms with Crippen molar-refractivity contribution in [3.63, 3.8) is 0 Å². The molecule has 0 saturated heterocycles. The number of nitrogens with one attached hydrogen (secondary N) is 2. The number of carbonyl (C=O) groups is 2. The fourth-order valence-corrected chi connectivity index (χ4v) is 5.69. The molecule has 2 amide bonds. The molecule has 2 aromatic heterocycles. The Bertz CT molecular complexity index is 2300. The number of hydrogen-bond acceptors (Lipinski definition) is 7. The van der Waals surface area contributed by atoms with Gasteiger partial charge in [0.15, 0.2) is 11.4 Å². The SMILES string of the molecule is CNC(=O)c1cc(-c2nc3c(F)cccc3o2)cc(-c2cc3c(C(=O)NC)c(-c4ccc(F)cc4)oc3cc2N(C)S(C)(=O)=O)c1. The summed E-state index contributed by atoms with van der Waals surface area (Å²) in [4.78, 5) is 30.5. The number of benzene rings is 4. The Kier molecular flexibility index (Phi) is 7.56. The lowest BCUT2D eigenvalue weighted by Gasteiger charge is -2.21. The van der Waals surface area contributed by atoms with Gasteiger partial charge in [-0.1, -0.05) is 6.07 Å². The maximum absolute atomic E-state index is 14.5. The van der Waals surface area contributed by atoms with Gasteiger partial charge < -0.3 is 19.5 Å². The number of rotatable bonds is 7. The van der Waals surface area contributed by atoms with Crippen LogP contribution in [0.15, 0.2) is 81.6 Å². The van der Waals surface area contributed by atoms with Crippen molar-refractivity contribution in [1.29, 1.82) is 0 Å². The summed E-state index contributed by atoms with van der Waals surface area (Å²) in [6.07, 6.45) is 1.03. The molecule has 10 nitrogen and oxygen atoms in total. The van der Waals surface area contributed by atoms with E-state index in [4.69, 9.17) is 8.83 Å². The van der Waals surface area contributed by atoms with Crippen LogP contribution in [0.2, 0.25) is 0 Å². The lowest BCUT2D eigenvalue weighted by atomic mass is 9.95. The Labute approximate surface area is 261 Å². The standard InChI is InChI=1S/C33H26F2N4O6S/c1-36-31(40)19-12-18(13-20(14-19)33-38-29-24(35)6-5-7-26(29)45-33)22-15-23-27(16-25(22)39(3)46(4,42)43)44-30(28(23)32(41)37-2)17-8-10-21(34)11-9-17/h5-16H,1-4H3,(H,36,40)(H,37,41). The van der Waals surface area contributed by atoms with E-state index in [9.17, 15) is 26.8 Å². The highest BCUT2D eigenvalue weighted by Gasteiger charge is 2.27. The first-order valence-corrected chi connectivity index (χ1v) is 15.7. The third-order valence-corrected chi connectivity index (χ3v) is 8.75. The van der Waals surface area contributed by atoms with E-state index in [2.05, 4.69) is 15.6 Å². The quantitative estimate of drug-likeness (QED) is 0.219. The van der Waals surface area contributed by atoms with Crippen LogP contribution >= 0.6 is 0 Å². The number of para-hydroxylation sites is 1. The van der Waals surface area contributed by atoms with Gasteiger partial charge in [-0.3, -0.25) is 13.9 Å². The topological polar surface area (TPSA) is 135 Å². The molecular formula is C33H26F2N4O6S. The molecule has 0 atom stereocenters. The predicted octanol–water partition coefficient (Wildman–Crippen LogP) is 5.97. The molecule has 13 heteroatoms. The Balaban J connectivity index is 1.67. The van der Waals surface area contributed by atoms with Gasteiger partial charge in [0.2, 0.25) is 15.9 Å². The summed E-state index contributed by atoms with van der Waals surface area (Å²) in [5.74, 6) is -1.85. The largest absolute Gasteiger partial charge is 0.455 e. The molecule has 0 aliphatic carbocycles. The van der Waals surface area contributed by atoms with Crippen LogP contribution in [0.5, 0.6) is 0 Å². The average molecular weight is 645 g/mol. The van der Waals surface area contributed by atoms with Crippen LogP contribution in [0.25, 0.3) is 56.0 Å². The summed E-state index contributed by atoms with van der Waals surface area (Å²) in [6.45, 7) is 0. The highest BCUT2D eigenvalue weighted by Crippen LogP contribution is 2.42. The molecule has 0 saturated carbocycles. The first-order valence-electron chi connectivity index (χ1n) is 13.8. The monoisotopic (exact) mass is 644 g/mol. The third-order valence-electron chi connectivity index (χ3n) is 7.55. The Hall–Kier alpha value is -5.56. The van der Waals surface area contributed by atoms with Gasteiger partial charge >= 0.3 is 0 Å². The zero-order valence-corrected chi connectivity index (χ0v) is 25.8. The first kappa shape index (κ1) is 30.5. The maximum Gasteiger partial charge on any atom is 0.255 e. The van der Waals surface area contributed by atoms with Crippen molar-refractivity contribution < 1.29 is 35.6 Å². The first-order chi connectivity index (χ1) is 21.9. The number of amides is 2. The number of carbonyl (C=O) groups excluding carboxylic acids is 2. The molecule has 0 bridgehead atoms. The van der Waals surface area contributed by atoms with Crippen LogP contribution in [0.1, 0.15) is 20.7 Å². The number of anilines is 1. The molecular weight excluding hydrogens is 618 g/mol. The van der Waals surface area contributed by atoms with Gasteiger partial charge in [-0.15, -0.1) is 0 Å². The van der Waals surface area contributed by atoms with Crippen LogP contribution < -0.4 is 14.9 Å². The highest BCUT2D eigenvalue weighted by molar-refractivity contribution is 7.92. The zero-order valence-electron chi connectivity index (χ0n) is 24.9. The molecule has 2 heterocycles. The van der Waals surface area contributed by atoms with E-state index in [1.807, 2.05) is 0 Å². The molecule has 0 spiro atoms. The van der Waals surface area contributed by atoms with Crippen molar-refractivity contribution in [2.45, 2.75) is 0 Å². The number of furan rings is 1. The Morgan fingerprint density at radius 3 is 2.17 bits per heavy atom. The molecule has 6 aromatic rings. The van der Waals surface area contributed by atoms with E-state index in [0.717, 1.165) is 10.6 Å². The van der Waals surface area contributed by atoms with E-state index in [1.165, 1.54) is 69.7 Å². The summed E-state index contributed by atoms with van der Waals surface area (Å²) < 4.78 is 66.9. The molecule has 0 aliphatic heterocycles. The van der Waals surface area contributed by atoms with E-state index in [1.54, 1.807) is 24.3 Å². The van der Waals surface area contributed by atoms with E-state index < -0.39 is 33.5 Å². The maximum atomic E-state index is 14.5. The molecule has 0 radical (unpaired) electrons. The number of sulfonamides is 1. The van der Waals surface area contributed by atoms with Crippen molar-refractivity contribution >= 4 is 49.6 Å². The third kappa shape index (κ3) is 5.34. The second kappa shape index (κ2) is 11.4. The van der Waals surface area contributed by atoms with Gasteiger partial charge in [-0.25, -0.2) is 22.2 Å². The second-order valence-corrected chi connectivity index (χ2v) is 12.5. The number of halogens is 2. The zero-order chi connectivity index (χ0) is 32.9. The number of hydrogen-bond donors (Lipinski definition) is 2. The number of fused-ring (bicyclic) bond motifs is 2. The van der Waals surface area contributed by atoms with Gasteiger partial charge in [0, 0.05) is 54.8 Å². The molecule has 6 rings (SSSR count). The van der Waals surface area contributed by atoms with E-state index in [0.29, 0.717) is 27.6 Å². The van der Waals surface area contributed by atoms with Gasteiger partial charge in [0.25, 0.3) is 11.8 Å². The van der Waals surface area contributed by atoms with Crippen molar-refractivity contribution in [3.05, 3.63) is 95.6 Å². The number of nitrogens with zero attached hydrogens (tertiary/aromatic N) is 2. The summed E-state index contributed by atoms with van der Waals surface area (Å²) >= 11 is 0. The van der Waals surface area contributed by atoms with Crippen molar-refractivity contribution in [3.8, 4) is 33.9 Å². The molecule has 2 N–H and O–H groups in total. The normalized spacial score (nSPS) is 11.6. The highest BCUT2D eigenvalue weighted by atomic mass is 32.2. The van der Waals surface area contributed by atoms with Gasteiger partial charge in [-0.2, -0.15) is 0 Å². The van der Waals surface area contributed by atoms with Gasteiger partial charge in [-0.05, 0) is 66.2 Å². The molecule has 0 aliphatic rings. The molecule has 4 aromatic carbocycles. The van der Waals surface area contributed by atoms with Crippen LogP contribution in [0.3, 0.4) is 0 Å². The number of oxazole rings is 1. The van der Waals surface area contributed by atoms with Crippen molar-refractivity contribution in [2.24, 2.45) is 0 Å². The Morgan fingerprint density at radius 2 is 1.52 bits per heavy atom. The minimum absolute atomic E-state index is 0.00486. The minimum Gasteiger partial charge on any atom is -0.455 e. The van der Waals surface area contributed by atoms with Crippen LogP contribution in [0, 0.1) is 11.6 Å². The summed E-state index contributed by atoms with van der Waals surface area (Å²) in [5.41, 5.74) is 2.27. The van der Waals surface area contributed by atoms with Crippen LogP contribution in [-0.4, -0.2) is 52.6 Å². The lowest BCUT2D eigenvalue weighted by Crippen LogP contribution is -2.25. The lowest BCUT2D eigenvalue weighted by molar-refractivity contribution is 0.0955. The number of aromatic nitrogens is 1. The summed E-state index contributed by atoms with van der Waals surface area (Å²) in [7, 11) is 0.429. The van der Waals surface area contributed by atoms with E-state index >= 15 is 0 Å². The fourth-order valence-electron chi connectivity index (χ4n) is 5.18. The molecule has 234 valence electrons. The fraction of sp³-hybridized carbons (Fsp3) is 0.121. The van der Waals surface area contributed by atoms with Crippen LogP contribution in [-0.2, 0) is 10.0 Å². The summed E-state index contributed by atoms with van der Waals surface area (Å²) in [6, 6.07) is 17.4.